The van der Waals surface area contributed by atoms with E-state index >= 15 is 0 Å². The molecule has 1 unspecified atom stereocenters. The minimum atomic E-state index is -0.540. The summed E-state index contributed by atoms with van der Waals surface area (Å²) in [5, 5.41) is 9.71. The summed E-state index contributed by atoms with van der Waals surface area (Å²) in [7, 11) is 1.93. The summed E-state index contributed by atoms with van der Waals surface area (Å²) >= 11 is 0. The minimum Gasteiger partial charge on any atom is -0.485 e. The van der Waals surface area contributed by atoms with Gasteiger partial charge in [-0.3, -0.25) is 0 Å². The second-order valence-corrected chi connectivity index (χ2v) is 4.46. The number of aryl methyl sites for hydroxylation is 2. The van der Waals surface area contributed by atoms with Gasteiger partial charge < -0.3 is 14.4 Å². The summed E-state index contributed by atoms with van der Waals surface area (Å²) in [5.74, 6) is 1.57. The number of aromatic nitrogens is 2. The molecule has 2 rings (SSSR count). The number of aliphatic hydroxyl groups excluding tert-OH is 1. The summed E-state index contributed by atoms with van der Waals surface area (Å²) in [4.78, 5) is 4.20. The molecule has 4 nitrogen and oxygen atoms in total. The summed E-state index contributed by atoms with van der Waals surface area (Å²) in [6.45, 7) is 4.13. The van der Waals surface area contributed by atoms with Gasteiger partial charge in [0.25, 0.3) is 0 Å². The number of hydrogen-bond acceptors (Lipinski definition) is 3. The van der Waals surface area contributed by atoms with Crippen LogP contribution in [0.2, 0.25) is 0 Å². The van der Waals surface area contributed by atoms with E-state index in [0.717, 1.165) is 17.0 Å². The van der Waals surface area contributed by atoms with E-state index in [1.54, 1.807) is 13.1 Å². The van der Waals surface area contributed by atoms with Crippen molar-refractivity contribution in [3.8, 4) is 5.75 Å². The van der Waals surface area contributed by atoms with Gasteiger partial charge >= 0.3 is 0 Å². The lowest BCUT2D eigenvalue weighted by molar-refractivity contribution is 0.189. The zero-order valence-electron chi connectivity index (χ0n) is 10.9. The predicted molar refractivity (Wildman–Crippen MR) is 69.4 cm³/mol. The Bertz CT molecular complexity index is 532. The molecule has 0 radical (unpaired) electrons. The van der Waals surface area contributed by atoms with Crippen molar-refractivity contribution in [2.75, 3.05) is 0 Å². The maximum Gasteiger partial charge on any atom is 0.146 e. The highest BCUT2D eigenvalue weighted by Gasteiger charge is 2.10. The molecule has 0 aliphatic rings. The van der Waals surface area contributed by atoms with Gasteiger partial charge in [-0.25, -0.2) is 4.98 Å². The van der Waals surface area contributed by atoms with Crippen LogP contribution in [0.3, 0.4) is 0 Å². The lowest BCUT2D eigenvalue weighted by Crippen LogP contribution is -2.05. The van der Waals surface area contributed by atoms with E-state index in [4.69, 9.17) is 4.74 Å². The van der Waals surface area contributed by atoms with Crippen molar-refractivity contribution in [3.05, 3.63) is 47.5 Å². The van der Waals surface area contributed by atoms with E-state index in [0.29, 0.717) is 12.4 Å². The fourth-order valence-corrected chi connectivity index (χ4v) is 1.79. The van der Waals surface area contributed by atoms with Crippen LogP contribution in [0.25, 0.3) is 0 Å². The molecule has 2 aromatic rings. The zero-order valence-corrected chi connectivity index (χ0v) is 10.9. The Kier molecular flexibility index (Phi) is 3.67. The molecular weight excluding hydrogens is 228 g/mol. The number of ether oxygens (including phenoxy) is 1. The molecule has 4 heteroatoms. The van der Waals surface area contributed by atoms with Gasteiger partial charge in [-0.2, -0.15) is 0 Å². The molecule has 0 spiro atoms. The van der Waals surface area contributed by atoms with Gasteiger partial charge in [0.1, 0.15) is 18.2 Å². The number of imidazole rings is 1. The average Bonchev–Trinajstić information content (AvgIpc) is 2.72. The molecule has 0 saturated heterocycles. The van der Waals surface area contributed by atoms with Crippen molar-refractivity contribution in [2.24, 2.45) is 7.05 Å². The van der Waals surface area contributed by atoms with Gasteiger partial charge in [-0.1, -0.05) is 12.1 Å². The first-order valence-electron chi connectivity index (χ1n) is 5.95. The summed E-state index contributed by atoms with van der Waals surface area (Å²) in [5.41, 5.74) is 1.91. The third kappa shape index (κ3) is 2.71. The SMILES string of the molecule is Cc1ccc(C(C)O)c(OCc2nccn2C)c1. The maximum absolute atomic E-state index is 9.71. The molecule has 1 aromatic heterocycles. The smallest absolute Gasteiger partial charge is 0.146 e. The molecule has 18 heavy (non-hydrogen) atoms. The van der Waals surface area contributed by atoms with Crippen LogP contribution in [0.15, 0.2) is 30.6 Å². The summed E-state index contributed by atoms with van der Waals surface area (Å²) < 4.78 is 7.68. The normalized spacial score (nSPS) is 12.4. The van der Waals surface area contributed by atoms with E-state index < -0.39 is 6.10 Å². The Labute approximate surface area is 107 Å². The monoisotopic (exact) mass is 246 g/mol. The van der Waals surface area contributed by atoms with Gasteiger partial charge in [0.15, 0.2) is 0 Å². The highest BCUT2D eigenvalue weighted by Crippen LogP contribution is 2.26. The van der Waals surface area contributed by atoms with Crippen LogP contribution in [0.1, 0.15) is 30.0 Å². The van der Waals surface area contributed by atoms with Crippen LogP contribution >= 0.6 is 0 Å². The largest absolute Gasteiger partial charge is 0.485 e. The number of hydrogen-bond donors (Lipinski definition) is 1. The predicted octanol–water partition coefficient (Wildman–Crippen LogP) is 2.36. The first-order valence-corrected chi connectivity index (χ1v) is 5.95. The summed E-state index contributed by atoms with van der Waals surface area (Å²) in [6, 6.07) is 5.80. The van der Waals surface area contributed by atoms with Gasteiger partial charge in [0, 0.05) is 25.0 Å². The molecule has 96 valence electrons. The van der Waals surface area contributed by atoms with Gasteiger partial charge in [-0.05, 0) is 25.5 Å². The molecule has 0 aliphatic carbocycles. The lowest BCUT2D eigenvalue weighted by Gasteiger charge is -2.14. The fraction of sp³-hybridized carbons (Fsp3) is 0.357. The molecular formula is C14H18N2O2. The lowest BCUT2D eigenvalue weighted by atomic mass is 10.1. The topological polar surface area (TPSA) is 47.3 Å². The number of nitrogens with zero attached hydrogens (tertiary/aromatic N) is 2. The number of benzene rings is 1. The third-order valence-corrected chi connectivity index (χ3v) is 2.90. The molecule has 0 aliphatic heterocycles. The van der Waals surface area contributed by atoms with Crippen molar-refractivity contribution < 1.29 is 9.84 Å². The Hall–Kier alpha value is -1.81. The summed E-state index contributed by atoms with van der Waals surface area (Å²) in [6.07, 6.45) is 3.08. The molecule has 1 N–H and O–H groups in total. The van der Waals surface area contributed by atoms with Crippen LogP contribution in [-0.4, -0.2) is 14.7 Å². The van der Waals surface area contributed by atoms with Gasteiger partial charge in [-0.15, -0.1) is 0 Å². The van der Waals surface area contributed by atoms with Crippen LogP contribution in [0.5, 0.6) is 5.75 Å². The number of rotatable bonds is 4. The Morgan fingerprint density at radius 3 is 2.83 bits per heavy atom. The maximum atomic E-state index is 9.71. The molecule has 0 fully saturated rings. The molecule has 1 atom stereocenters. The minimum absolute atomic E-state index is 0.396. The van der Waals surface area contributed by atoms with E-state index in [1.165, 1.54) is 0 Å². The van der Waals surface area contributed by atoms with Crippen molar-refractivity contribution in [2.45, 2.75) is 26.6 Å². The Morgan fingerprint density at radius 1 is 1.44 bits per heavy atom. The average molecular weight is 246 g/mol. The quantitative estimate of drug-likeness (QED) is 0.900. The molecule has 1 heterocycles. The van der Waals surface area contributed by atoms with Crippen LogP contribution in [0.4, 0.5) is 0 Å². The third-order valence-electron chi connectivity index (χ3n) is 2.90. The Morgan fingerprint density at radius 2 is 2.22 bits per heavy atom. The molecule has 0 saturated carbocycles. The second kappa shape index (κ2) is 5.23. The first-order chi connectivity index (χ1) is 8.58. The van der Waals surface area contributed by atoms with E-state index in [2.05, 4.69) is 4.98 Å². The van der Waals surface area contributed by atoms with E-state index in [9.17, 15) is 5.11 Å². The molecule has 0 amide bonds. The fourth-order valence-electron chi connectivity index (χ4n) is 1.79. The highest BCUT2D eigenvalue weighted by atomic mass is 16.5. The highest BCUT2D eigenvalue weighted by molar-refractivity contribution is 5.38. The second-order valence-electron chi connectivity index (χ2n) is 4.46. The standard InChI is InChI=1S/C14H18N2O2/c1-10-4-5-12(11(2)17)13(8-10)18-9-14-15-6-7-16(14)3/h4-8,11,17H,9H2,1-3H3. The first kappa shape index (κ1) is 12.6. The Balaban J connectivity index is 2.18. The van der Waals surface area contributed by atoms with Crippen LogP contribution < -0.4 is 4.74 Å². The van der Waals surface area contributed by atoms with E-state index in [-0.39, 0.29) is 0 Å². The van der Waals surface area contributed by atoms with Crippen LogP contribution in [-0.2, 0) is 13.7 Å². The van der Waals surface area contributed by atoms with Gasteiger partial charge in [0.05, 0.1) is 6.10 Å². The van der Waals surface area contributed by atoms with Crippen LogP contribution in [0, 0.1) is 6.92 Å². The molecule has 1 aromatic carbocycles. The van der Waals surface area contributed by atoms with Gasteiger partial charge in [0.2, 0.25) is 0 Å². The van der Waals surface area contributed by atoms with Crippen molar-refractivity contribution in [1.29, 1.82) is 0 Å². The number of aliphatic hydroxyl groups is 1. The van der Waals surface area contributed by atoms with Crippen molar-refractivity contribution in [3.63, 3.8) is 0 Å². The van der Waals surface area contributed by atoms with E-state index in [1.807, 2.05) is 42.9 Å². The zero-order chi connectivity index (χ0) is 13.1. The van der Waals surface area contributed by atoms with Crippen molar-refractivity contribution >= 4 is 0 Å². The van der Waals surface area contributed by atoms with Crippen molar-refractivity contribution in [1.82, 2.24) is 9.55 Å². The molecule has 0 bridgehead atoms.